The quantitative estimate of drug-likeness (QED) is 0.214. The van der Waals surface area contributed by atoms with E-state index >= 15 is 0 Å². The fraction of sp³-hybridized carbons (Fsp3) is 0.440. The molecule has 0 aliphatic rings. The maximum absolute atomic E-state index is 10.3. The molecule has 2 atom stereocenters. The van der Waals surface area contributed by atoms with Crippen LogP contribution in [0, 0.1) is 9.62 Å². The van der Waals surface area contributed by atoms with Crippen molar-refractivity contribution >= 4 is 45.8 Å². The minimum absolute atomic E-state index is 0.0868. The standard InChI is InChI=1S/C25H30Cl2IN3O4/c1-16(11-26)14-35-23-9-6-18(10-21(23)27)25(2,3)17-4-7-20(8-5-17)34-15-19(33)12-31-22(13-32)24(28)29-30-31/h4-10,16,19,32-33H,11-15H2,1-3H3/t16-,19+/m1/s1. The fourth-order valence-electron chi connectivity index (χ4n) is 3.47. The molecule has 0 amide bonds. The van der Waals surface area contributed by atoms with Gasteiger partial charge in [-0.05, 0) is 58.0 Å². The summed E-state index contributed by atoms with van der Waals surface area (Å²) >= 11 is 14.3. The summed E-state index contributed by atoms with van der Waals surface area (Å²) in [7, 11) is 0. The Morgan fingerprint density at radius 2 is 1.77 bits per heavy atom. The van der Waals surface area contributed by atoms with E-state index in [4.69, 9.17) is 32.7 Å². The molecule has 0 unspecified atom stereocenters. The maximum atomic E-state index is 10.3. The molecule has 190 valence electrons. The zero-order valence-electron chi connectivity index (χ0n) is 19.9. The number of rotatable bonds is 12. The molecule has 3 aromatic rings. The first kappa shape index (κ1) is 28.0. The zero-order valence-corrected chi connectivity index (χ0v) is 23.6. The number of hydrogen-bond donors (Lipinski definition) is 2. The van der Waals surface area contributed by atoms with Crippen molar-refractivity contribution in [2.45, 2.75) is 45.4 Å². The number of benzene rings is 2. The average molecular weight is 634 g/mol. The Bertz CT molecular complexity index is 1110. The Kier molecular flexibility index (Phi) is 10.1. The second kappa shape index (κ2) is 12.6. The summed E-state index contributed by atoms with van der Waals surface area (Å²) in [6.45, 7) is 6.88. The van der Waals surface area contributed by atoms with E-state index in [1.54, 1.807) is 0 Å². The highest BCUT2D eigenvalue weighted by Crippen LogP contribution is 2.36. The molecule has 7 nitrogen and oxygen atoms in total. The predicted octanol–water partition coefficient (Wildman–Crippen LogP) is 5.05. The van der Waals surface area contributed by atoms with Crippen molar-refractivity contribution in [3.05, 3.63) is 68.0 Å². The molecule has 2 aromatic carbocycles. The second-order valence-corrected chi connectivity index (χ2v) is 10.7. The highest BCUT2D eigenvalue weighted by molar-refractivity contribution is 14.1. The van der Waals surface area contributed by atoms with E-state index < -0.39 is 6.10 Å². The minimum Gasteiger partial charge on any atom is -0.492 e. The molecule has 2 N–H and O–H groups in total. The third-order valence-electron chi connectivity index (χ3n) is 5.78. The Balaban J connectivity index is 1.61. The Labute approximate surface area is 229 Å². The topological polar surface area (TPSA) is 89.6 Å². The van der Waals surface area contributed by atoms with E-state index in [-0.39, 0.29) is 31.1 Å². The fourth-order valence-corrected chi connectivity index (χ4v) is 4.34. The van der Waals surface area contributed by atoms with Crippen LogP contribution in [0.25, 0.3) is 0 Å². The van der Waals surface area contributed by atoms with Crippen LogP contribution in [0.2, 0.25) is 5.02 Å². The summed E-state index contributed by atoms with van der Waals surface area (Å²) < 4.78 is 13.7. The van der Waals surface area contributed by atoms with Crippen molar-refractivity contribution in [3.8, 4) is 11.5 Å². The van der Waals surface area contributed by atoms with Gasteiger partial charge < -0.3 is 19.7 Å². The highest BCUT2D eigenvalue weighted by atomic mass is 127. The molecule has 3 rings (SSSR count). The minimum atomic E-state index is -0.802. The number of halogens is 3. The summed E-state index contributed by atoms with van der Waals surface area (Å²) in [4.78, 5) is 0. The van der Waals surface area contributed by atoms with E-state index in [0.717, 1.165) is 11.1 Å². The highest BCUT2D eigenvalue weighted by Gasteiger charge is 2.24. The van der Waals surface area contributed by atoms with Crippen LogP contribution in [0.1, 0.15) is 37.6 Å². The molecule has 0 spiro atoms. The van der Waals surface area contributed by atoms with Gasteiger partial charge in [-0.2, -0.15) is 0 Å². The average Bonchev–Trinajstić information content (AvgIpc) is 3.20. The van der Waals surface area contributed by atoms with Gasteiger partial charge in [-0.3, -0.25) is 0 Å². The molecular formula is C25H30Cl2IN3O4. The molecule has 0 fully saturated rings. The van der Waals surface area contributed by atoms with E-state index in [9.17, 15) is 10.2 Å². The first-order chi connectivity index (χ1) is 16.6. The Morgan fingerprint density at radius 3 is 2.40 bits per heavy atom. The number of aliphatic hydroxyl groups is 2. The Morgan fingerprint density at radius 1 is 1.09 bits per heavy atom. The van der Waals surface area contributed by atoms with E-state index in [2.05, 4.69) is 24.2 Å². The molecule has 0 bridgehead atoms. The molecule has 0 aliphatic heterocycles. The first-order valence-corrected chi connectivity index (χ1v) is 13.2. The second-order valence-electron chi connectivity index (χ2n) is 9.00. The van der Waals surface area contributed by atoms with Crippen molar-refractivity contribution < 1.29 is 19.7 Å². The molecule has 1 aromatic heterocycles. The molecule has 10 heteroatoms. The summed E-state index contributed by atoms with van der Waals surface area (Å²) in [6.07, 6.45) is -0.802. The monoisotopic (exact) mass is 633 g/mol. The van der Waals surface area contributed by atoms with Crippen LogP contribution in [-0.2, 0) is 18.6 Å². The largest absolute Gasteiger partial charge is 0.492 e. The lowest BCUT2D eigenvalue weighted by Gasteiger charge is -2.27. The van der Waals surface area contributed by atoms with Crippen LogP contribution in [0.4, 0.5) is 0 Å². The molecule has 0 saturated heterocycles. The summed E-state index contributed by atoms with van der Waals surface area (Å²) in [6, 6.07) is 13.6. The summed E-state index contributed by atoms with van der Waals surface area (Å²) in [5.74, 6) is 2.08. The van der Waals surface area contributed by atoms with Crippen molar-refractivity contribution in [3.63, 3.8) is 0 Å². The van der Waals surface area contributed by atoms with Gasteiger partial charge in [0.25, 0.3) is 0 Å². The number of aliphatic hydroxyl groups excluding tert-OH is 2. The Hall–Kier alpha value is -1.59. The van der Waals surface area contributed by atoms with Crippen LogP contribution in [0.5, 0.6) is 11.5 Å². The molecule has 0 radical (unpaired) electrons. The van der Waals surface area contributed by atoms with Crippen LogP contribution in [0.15, 0.2) is 42.5 Å². The van der Waals surface area contributed by atoms with Crippen molar-refractivity contribution in [1.29, 1.82) is 0 Å². The third-order valence-corrected chi connectivity index (χ3v) is 7.44. The molecule has 0 aliphatic carbocycles. The normalized spacial score (nSPS) is 13.5. The van der Waals surface area contributed by atoms with Crippen molar-refractivity contribution in [1.82, 2.24) is 15.0 Å². The smallest absolute Gasteiger partial charge is 0.149 e. The van der Waals surface area contributed by atoms with Crippen molar-refractivity contribution in [2.75, 3.05) is 19.1 Å². The predicted molar refractivity (Wildman–Crippen MR) is 146 cm³/mol. The zero-order chi connectivity index (χ0) is 25.6. The molecular weight excluding hydrogens is 604 g/mol. The van der Waals surface area contributed by atoms with Gasteiger partial charge in [0.05, 0.1) is 30.5 Å². The lowest BCUT2D eigenvalue weighted by Crippen LogP contribution is -2.25. The lowest BCUT2D eigenvalue weighted by atomic mass is 9.78. The van der Waals surface area contributed by atoms with Crippen LogP contribution in [-0.4, -0.2) is 50.4 Å². The molecule has 1 heterocycles. The van der Waals surface area contributed by atoms with Gasteiger partial charge in [0, 0.05) is 17.2 Å². The SMILES string of the molecule is C[C@H](CCl)COc1ccc(C(C)(C)c2ccc(OC[C@@H](O)Cn3nnc(I)c3CO)cc2)cc1Cl. The van der Waals surface area contributed by atoms with E-state index in [1.165, 1.54) is 4.68 Å². The van der Waals surface area contributed by atoms with Gasteiger partial charge in [0.1, 0.15) is 27.9 Å². The number of alkyl halides is 1. The number of nitrogens with zero attached hydrogens (tertiary/aromatic N) is 3. The molecule has 35 heavy (non-hydrogen) atoms. The van der Waals surface area contributed by atoms with E-state index in [0.29, 0.717) is 38.4 Å². The van der Waals surface area contributed by atoms with Gasteiger partial charge in [-0.1, -0.05) is 55.8 Å². The van der Waals surface area contributed by atoms with Crippen LogP contribution >= 0.6 is 45.8 Å². The summed E-state index contributed by atoms with van der Waals surface area (Å²) in [5, 5.41) is 28.2. The van der Waals surface area contributed by atoms with Gasteiger partial charge in [0.2, 0.25) is 0 Å². The van der Waals surface area contributed by atoms with Gasteiger partial charge in [-0.25, -0.2) is 4.68 Å². The number of ether oxygens (including phenoxy) is 2. The maximum Gasteiger partial charge on any atom is 0.149 e. The lowest BCUT2D eigenvalue weighted by molar-refractivity contribution is 0.0866. The third kappa shape index (κ3) is 7.22. The van der Waals surface area contributed by atoms with Crippen molar-refractivity contribution in [2.24, 2.45) is 5.92 Å². The first-order valence-electron chi connectivity index (χ1n) is 11.2. The van der Waals surface area contributed by atoms with Crippen LogP contribution in [0.3, 0.4) is 0 Å². The number of hydrogen-bond acceptors (Lipinski definition) is 6. The van der Waals surface area contributed by atoms with Gasteiger partial charge >= 0.3 is 0 Å². The van der Waals surface area contributed by atoms with Gasteiger partial charge in [-0.15, -0.1) is 16.7 Å². The van der Waals surface area contributed by atoms with Crippen LogP contribution < -0.4 is 9.47 Å². The van der Waals surface area contributed by atoms with E-state index in [1.807, 2.05) is 72.0 Å². The van der Waals surface area contributed by atoms with Gasteiger partial charge in [0.15, 0.2) is 0 Å². The molecule has 0 saturated carbocycles. The summed E-state index contributed by atoms with van der Waals surface area (Å²) in [5.41, 5.74) is 2.43. The number of aromatic nitrogens is 3.